The minimum absolute atomic E-state index is 0.238. The van der Waals surface area contributed by atoms with E-state index in [0.29, 0.717) is 6.04 Å². The lowest BCUT2D eigenvalue weighted by Gasteiger charge is -2.31. The van der Waals surface area contributed by atoms with E-state index >= 15 is 0 Å². The van der Waals surface area contributed by atoms with Crippen LogP contribution < -0.4 is 5.43 Å². The maximum atomic E-state index is 12.1. The second-order valence-electron chi connectivity index (χ2n) is 5.35. The first-order valence-electron chi connectivity index (χ1n) is 7.07. The van der Waals surface area contributed by atoms with Crippen LogP contribution >= 0.6 is 0 Å². The summed E-state index contributed by atoms with van der Waals surface area (Å²) in [6.07, 6.45) is 5.73. The molecule has 1 N–H and O–H groups in total. The number of nitrogens with one attached hydrogen (secondary N) is 1. The Morgan fingerprint density at radius 3 is 2.50 bits per heavy atom. The number of hydrogen-bond donors (Lipinski definition) is 1. The van der Waals surface area contributed by atoms with Gasteiger partial charge in [0.05, 0.1) is 6.10 Å². The predicted molar refractivity (Wildman–Crippen MR) is 70.5 cm³/mol. The summed E-state index contributed by atoms with van der Waals surface area (Å²) in [7, 11) is 1.90. The van der Waals surface area contributed by atoms with Crippen molar-refractivity contribution >= 4 is 0 Å². The van der Waals surface area contributed by atoms with Crippen molar-refractivity contribution in [2.45, 2.75) is 57.0 Å². The molecule has 0 aromatic carbocycles. The first-order valence-corrected chi connectivity index (χ1v) is 7.07. The number of halogens is 3. The predicted octanol–water partition coefficient (Wildman–Crippen LogP) is 3.50. The SMILES string of the molecule is CN(NC1CCCCC1)C1=CCC(OC(F)(F)F)C=C1. The van der Waals surface area contributed by atoms with Gasteiger partial charge in [-0.25, -0.2) is 5.43 Å². The molecule has 0 heterocycles. The molecule has 0 saturated heterocycles. The Morgan fingerprint density at radius 2 is 1.95 bits per heavy atom. The average molecular weight is 290 g/mol. The molecule has 114 valence electrons. The van der Waals surface area contributed by atoms with Gasteiger partial charge in [-0.15, -0.1) is 13.2 Å². The molecule has 0 spiro atoms. The van der Waals surface area contributed by atoms with Crippen LogP contribution in [0.4, 0.5) is 13.2 Å². The number of ether oxygens (including phenoxy) is 1. The van der Waals surface area contributed by atoms with Crippen molar-refractivity contribution in [1.29, 1.82) is 0 Å². The van der Waals surface area contributed by atoms with E-state index in [-0.39, 0.29) is 6.42 Å². The van der Waals surface area contributed by atoms with Gasteiger partial charge < -0.3 is 5.01 Å². The van der Waals surface area contributed by atoms with Crippen molar-refractivity contribution < 1.29 is 17.9 Å². The molecule has 0 radical (unpaired) electrons. The van der Waals surface area contributed by atoms with Gasteiger partial charge in [-0.3, -0.25) is 4.74 Å². The summed E-state index contributed by atoms with van der Waals surface area (Å²) in [6.45, 7) is 0. The molecule has 0 aromatic heterocycles. The van der Waals surface area contributed by atoms with Gasteiger partial charge in [-0.05, 0) is 25.3 Å². The molecule has 1 saturated carbocycles. The fraction of sp³-hybridized carbons (Fsp3) is 0.714. The van der Waals surface area contributed by atoms with Crippen molar-refractivity contribution in [2.75, 3.05) is 7.05 Å². The lowest BCUT2D eigenvalue weighted by molar-refractivity contribution is -0.336. The molecule has 0 amide bonds. The number of nitrogens with zero attached hydrogens (tertiary/aromatic N) is 1. The molecule has 2 aliphatic carbocycles. The van der Waals surface area contributed by atoms with E-state index in [9.17, 15) is 13.2 Å². The third kappa shape index (κ3) is 4.83. The summed E-state index contributed by atoms with van der Waals surface area (Å²) in [5, 5.41) is 1.90. The van der Waals surface area contributed by atoms with Gasteiger partial charge in [-0.2, -0.15) is 0 Å². The molecule has 0 bridgehead atoms. The van der Waals surface area contributed by atoms with Gasteiger partial charge in [0.2, 0.25) is 0 Å². The Morgan fingerprint density at radius 1 is 1.25 bits per heavy atom. The second-order valence-corrected chi connectivity index (χ2v) is 5.35. The Labute approximate surface area is 117 Å². The van der Waals surface area contributed by atoms with Crippen LogP contribution in [0.25, 0.3) is 0 Å². The van der Waals surface area contributed by atoms with Gasteiger partial charge in [0.1, 0.15) is 0 Å². The van der Waals surface area contributed by atoms with Crippen molar-refractivity contribution in [2.24, 2.45) is 0 Å². The summed E-state index contributed by atoms with van der Waals surface area (Å²) in [6, 6.07) is 0.465. The number of allylic oxidation sites excluding steroid dienone is 1. The molecule has 1 unspecified atom stereocenters. The zero-order valence-electron chi connectivity index (χ0n) is 11.6. The molecule has 1 fully saturated rings. The van der Waals surface area contributed by atoms with Gasteiger partial charge in [0, 0.05) is 18.8 Å². The zero-order valence-corrected chi connectivity index (χ0v) is 11.6. The molecule has 6 heteroatoms. The summed E-state index contributed by atoms with van der Waals surface area (Å²) >= 11 is 0. The summed E-state index contributed by atoms with van der Waals surface area (Å²) in [5.74, 6) is 0. The quantitative estimate of drug-likeness (QED) is 0.802. The van der Waals surface area contributed by atoms with Gasteiger partial charge in [-0.1, -0.05) is 31.4 Å². The lowest BCUT2D eigenvalue weighted by atomic mass is 9.96. The molecular weight excluding hydrogens is 269 g/mol. The van der Waals surface area contributed by atoms with Crippen LogP contribution in [0.1, 0.15) is 38.5 Å². The molecular formula is C14H21F3N2O. The fourth-order valence-corrected chi connectivity index (χ4v) is 2.68. The van der Waals surface area contributed by atoms with Gasteiger partial charge >= 0.3 is 6.36 Å². The largest absolute Gasteiger partial charge is 0.523 e. The molecule has 0 aromatic rings. The van der Waals surface area contributed by atoms with Gasteiger partial charge in [0.25, 0.3) is 0 Å². The average Bonchev–Trinajstić information content (AvgIpc) is 2.39. The van der Waals surface area contributed by atoms with E-state index in [1.807, 2.05) is 12.1 Å². The topological polar surface area (TPSA) is 24.5 Å². The first kappa shape index (κ1) is 15.4. The normalized spacial score (nSPS) is 24.6. The smallest absolute Gasteiger partial charge is 0.312 e. The van der Waals surface area contributed by atoms with E-state index in [4.69, 9.17) is 0 Å². The van der Waals surface area contributed by atoms with Crippen molar-refractivity contribution in [3.8, 4) is 0 Å². The van der Waals surface area contributed by atoms with Crippen molar-refractivity contribution in [3.05, 3.63) is 23.9 Å². The maximum absolute atomic E-state index is 12.1. The Balaban J connectivity index is 1.80. The Bertz CT molecular complexity index is 373. The fourth-order valence-electron chi connectivity index (χ4n) is 2.68. The highest BCUT2D eigenvalue weighted by Crippen LogP contribution is 2.24. The Kier molecular flexibility index (Phi) is 5.10. The number of likely N-dealkylation sites (N-methyl/N-ethyl adjacent to an activating group) is 1. The highest BCUT2D eigenvalue weighted by atomic mass is 19.4. The van der Waals surface area contributed by atoms with E-state index < -0.39 is 12.5 Å². The van der Waals surface area contributed by atoms with E-state index in [0.717, 1.165) is 18.5 Å². The third-order valence-electron chi connectivity index (χ3n) is 3.69. The van der Waals surface area contributed by atoms with Crippen LogP contribution in [-0.4, -0.2) is 30.6 Å². The molecule has 0 aliphatic heterocycles. The third-order valence-corrected chi connectivity index (χ3v) is 3.69. The van der Waals surface area contributed by atoms with Crippen LogP contribution in [0.15, 0.2) is 23.9 Å². The number of hydrogen-bond acceptors (Lipinski definition) is 3. The molecule has 2 rings (SSSR count). The standard InChI is InChI=1S/C14H21F3N2O/c1-19(18-11-5-3-2-4-6-11)12-7-9-13(10-8-12)20-14(15,16)17/h7-9,11,13,18H,2-6,10H2,1H3. The minimum atomic E-state index is -4.58. The van der Waals surface area contributed by atoms with E-state index in [2.05, 4.69) is 10.2 Å². The minimum Gasteiger partial charge on any atom is -0.312 e. The highest BCUT2D eigenvalue weighted by Gasteiger charge is 2.33. The lowest BCUT2D eigenvalue weighted by Crippen LogP contribution is -2.42. The van der Waals surface area contributed by atoms with Crippen LogP contribution in [0.2, 0.25) is 0 Å². The van der Waals surface area contributed by atoms with Crippen LogP contribution in [0.5, 0.6) is 0 Å². The zero-order chi connectivity index (χ0) is 14.6. The van der Waals surface area contributed by atoms with Crippen molar-refractivity contribution in [1.82, 2.24) is 10.4 Å². The first-order chi connectivity index (χ1) is 9.44. The van der Waals surface area contributed by atoms with Crippen LogP contribution in [-0.2, 0) is 4.74 Å². The summed E-state index contributed by atoms with van der Waals surface area (Å²) in [5.41, 5.74) is 4.29. The number of alkyl halides is 3. The second kappa shape index (κ2) is 6.63. The van der Waals surface area contributed by atoms with Crippen LogP contribution in [0.3, 0.4) is 0 Å². The van der Waals surface area contributed by atoms with E-state index in [1.165, 1.54) is 25.3 Å². The van der Waals surface area contributed by atoms with Gasteiger partial charge in [0.15, 0.2) is 0 Å². The number of hydrazine groups is 1. The van der Waals surface area contributed by atoms with Crippen LogP contribution in [0, 0.1) is 0 Å². The monoisotopic (exact) mass is 290 g/mol. The molecule has 20 heavy (non-hydrogen) atoms. The molecule has 2 aliphatic rings. The molecule has 3 nitrogen and oxygen atoms in total. The summed E-state index contributed by atoms with van der Waals surface area (Å²) < 4.78 is 40.3. The van der Waals surface area contributed by atoms with Crippen molar-refractivity contribution in [3.63, 3.8) is 0 Å². The number of rotatable bonds is 4. The maximum Gasteiger partial charge on any atom is 0.523 e. The molecule has 1 atom stereocenters. The Hall–Kier alpha value is -1.01. The summed E-state index contributed by atoms with van der Waals surface area (Å²) in [4.78, 5) is 0. The highest BCUT2D eigenvalue weighted by molar-refractivity contribution is 5.22. The van der Waals surface area contributed by atoms with E-state index in [1.54, 1.807) is 12.2 Å².